The van der Waals surface area contributed by atoms with Gasteiger partial charge in [-0.15, -0.1) is 0 Å². The monoisotopic (exact) mass is 280 g/mol. The van der Waals surface area contributed by atoms with Gasteiger partial charge in [0.25, 0.3) is 0 Å². The molecule has 0 heterocycles. The van der Waals surface area contributed by atoms with Crippen molar-refractivity contribution in [1.29, 1.82) is 0 Å². The molecule has 1 aromatic carbocycles. The van der Waals surface area contributed by atoms with Crippen LogP contribution in [-0.4, -0.2) is 30.4 Å². The highest BCUT2D eigenvalue weighted by Gasteiger charge is 2.13. The minimum Gasteiger partial charge on any atom is -0.490 e. The molecule has 0 bridgehead atoms. The highest BCUT2D eigenvalue weighted by atomic mass is 16.5. The molecule has 1 rings (SSSR count). The molecule has 0 spiro atoms. The van der Waals surface area contributed by atoms with Crippen molar-refractivity contribution >= 4 is 0 Å². The first-order valence-corrected chi connectivity index (χ1v) is 7.66. The van der Waals surface area contributed by atoms with Crippen molar-refractivity contribution in [2.75, 3.05) is 13.2 Å². The quantitative estimate of drug-likeness (QED) is 0.766. The summed E-state index contributed by atoms with van der Waals surface area (Å²) >= 11 is 0. The lowest BCUT2D eigenvalue weighted by Crippen LogP contribution is -2.91. The van der Waals surface area contributed by atoms with Crippen molar-refractivity contribution in [2.24, 2.45) is 0 Å². The second-order valence-electron chi connectivity index (χ2n) is 5.86. The number of hydrogen-bond donors (Lipinski definition) is 2. The van der Waals surface area contributed by atoms with Crippen LogP contribution in [0.25, 0.3) is 0 Å². The van der Waals surface area contributed by atoms with Crippen LogP contribution in [0.15, 0.2) is 12.1 Å². The van der Waals surface area contributed by atoms with Crippen molar-refractivity contribution in [3.05, 3.63) is 28.8 Å². The molecule has 0 saturated carbocycles. The van der Waals surface area contributed by atoms with Crippen LogP contribution in [-0.2, 0) is 0 Å². The van der Waals surface area contributed by atoms with E-state index in [1.54, 1.807) is 0 Å². The molecule has 0 aliphatic rings. The molecule has 0 aromatic heterocycles. The summed E-state index contributed by atoms with van der Waals surface area (Å²) in [5.74, 6) is 0.922. The zero-order chi connectivity index (χ0) is 15.1. The molecule has 2 atom stereocenters. The van der Waals surface area contributed by atoms with Crippen molar-refractivity contribution in [2.45, 2.75) is 59.6 Å². The van der Waals surface area contributed by atoms with E-state index in [2.05, 4.69) is 45.1 Å². The van der Waals surface area contributed by atoms with Crippen LogP contribution in [0.2, 0.25) is 0 Å². The first-order valence-electron chi connectivity index (χ1n) is 7.66. The van der Waals surface area contributed by atoms with Crippen molar-refractivity contribution in [3.8, 4) is 5.75 Å². The zero-order valence-corrected chi connectivity index (χ0v) is 13.6. The second-order valence-corrected chi connectivity index (χ2v) is 5.86. The van der Waals surface area contributed by atoms with Crippen molar-refractivity contribution in [1.82, 2.24) is 0 Å². The Labute approximate surface area is 123 Å². The molecule has 114 valence electrons. The van der Waals surface area contributed by atoms with Gasteiger partial charge in [0.15, 0.2) is 0 Å². The van der Waals surface area contributed by atoms with Gasteiger partial charge in [0.2, 0.25) is 0 Å². The van der Waals surface area contributed by atoms with Gasteiger partial charge in [-0.2, -0.15) is 0 Å². The van der Waals surface area contributed by atoms with E-state index in [4.69, 9.17) is 4.74 Å². The molecule has 3 N–H and O–H groups in total. The summed E-state index contributed by atoms with van der Waals surface area (Å²) in [6.45, 7) is 11.6. The molecular formula is C17H30NO2+. The standard InChI is InChI=1S/C17H29NO2/c1-6-7-14(4)18-10-16(19)11-20-17-13(3)9-8-12(2)15(17)5/h8-9,14,16,18-19H,6-7,10-11H2,1-5H3/p+1/t14-,16+/m0/s1. The van der Waals surface area contributed by atoms with Gasteiger partial charge in [0, 0.05) is 0 Å². The summed E-state index contributed by atoms with van der Waals surface area (Å²) in [5.41, 5.74) is 3.52. The highest BCUT2D eigenvalue weighted by molar-refractivity contribution is 5.44. The Morgan fingerprint density at radius 1 is 1.20 bits per heavy atom. The zero-order valence-electron chi connectivity index (χ0n) is 13.6. The molecule has 0 saturated heterocycles. The minimum absolute atomic E-state index is 0.362. The number of quaternary nitrogens is 1. The third-order valence-electron chi connectivity index (χ3n) is 3.85. The Balaban J connectivity index is 2.45. The molecule has 1 aromatic rings. The third-order valence-corrected chi connectivity index (χ3v) is 3.85. The van der Waals surface area contributed by atoms with E-state index in [0.29, 0.717) is 19.2 Å². The van der Waals surface area contributed by atoms with Crippen molar-refractivity contribution < 1.29 is 15.2 Å². The summed E-state index contributed by atoms with van der Waals surface area (Å²) in [5, 5.41) is 12.2. The maximum absolute atomic E-state index is 10.0. The van der Waals surface area contributed by atoms with E-state index in [0.717, 1.165) is 11.3 Å². The van der Waals surface area contributed by atoms with Gasteiger partial charge in [-0.1, -0.05) is 25.5 Å². The molecule has 3 nitrogen and oxygen atoms in total. The molecule has 3 heteroatoms. The van der Waals surface area contributed by atoms with Gasteiger partial charge < -0.3 is 15.2 Å². The van der Waals surface area contributed by atoms with Gasteiger partial charge in [0.05, 0.1) is 6.04 Å². The molecule has 0 fully saturated rings. The maximum Gasteiger partial charge on any atom is 0.137 e. The first-order chi connectivity index (χ1) is 9.45. The average molecular weight is 280 g/mol. The van der Waals surface area contributed by atoms with Crippen LogP contribution in [0.3, 0.4) is 0 Å². The van der Waals surface area contributed by atoms with Crippen LogP contribution < -0.4 is 10.1 Å². The van der Waals surface area contributed by atoms with E-state index in [9.17, 15) is 5.11 Å². The fourth-order valence-corrected chi connectivity index (χ4v) is 2.36. The number of aliphatic hydroxyl groups excluding tert-OH is 1. The number of rotatable bonds is 8. The summed E-state index contributed by atoms with van der Waals surface area (Å²) in [7, 11) is 0. The highest BCUT2D eigenvalue weighted by Crippen LogP contribution is 2.25. The summed E-state index contributed by atoms with van der Waals surface area (Å²) in [4.78, 5) is 0. The number of nitrogens with two attached hydrogens (primary N) is 1. The molecule has 20 heavy (non-hydrogen) atoms. The number of aryl methyl sites for hydroxylation is 2. The molecule has 0 unspecified atom stereocenters. The molecule has 0 aliphatic heterocycles. The first kappa shape index (κ1) is 17.0. The van der Waals surface area contributed by atoms with Gasteiger partial charge >= 0.3 is 0 Å². The molecule has 0 aliphatic carbocycles. The van der Waals surface area contributed by atoms with Crippen LogP contribution in [0.1, 0.15) is 43.4 Å². The number of benzene rings is 1. The Morgan fingerprint density at radius 2 is 1.85 bits per heavy atom. The van der Waals surface area contributed by atoms with Gasteiger partial charge in [0.1, 0.15) is 25.0 Å². The fourth-order valence-electron chi connectivity index (χ4n) is 2.36. The predicted molar refractivity (Wildman–Crippen MR) is 83.3 cm³/mol. The van der Waals surface area contributed by atoms with Crippen LogP contribution in [0.4, 0.5) is 0 Å². The van der Waals surface area contributed by atoms with Gasteiger partial charge in [-0.05, 0) is 50.8 Å². The number of hydrogen-bond acceptors (Lipinski definition) is 2. The summed E-state index contributed by atoms with van der Waals surface area (Å²) in [6.07, 6.45) is 1.95. The lowest BCUT2D eigenvalue weighted by Gasteiger charge is -2.17. The van der Waals surface area contributed by atoms with E-state index in [-0.39, 0.29) is 0 Å². The summed E-state index contributed by atoms with van der Waals surface area (Å²) < 4.78 is 5.83. The average Bonchev–Trinajstić information content (AvgIpc) is 2.41. The fraction of sp³-hybridized carbons (Fsp3) is 0.647. The van der Waals surface area contributed by atoms with Gasteiger partial charge in [-0.3, -0.25) is 0 Å². The molecular weight excluding hydrogens is 250 g/mol. The number of ether oxygens (including phenoxy) is 1. The lowest BCUT2D eigenvalue weighted by atomic mass is 10.1. The topological polar surface area (TPSA) is 46.1 Å². The SMILES string of the molecule is CCC[C@H](C)[NH2+]C[C@@H](O)COc1c(C)ccc(C)c1C. The van der Waals surface area contributed by atoms with E-state index < -0.39 is 6.10 Å². The molecule has 0 radical (unpaired) electrons. The Bertz CT molecular complexity index is 418. The lowest BCUT2D eigenvalue weighted by molar-refractivity contribution is -0.692. The van der Waals surface area contributed by atoms with Gasteiger partial charge in [-0.25, -0.2) is 0 Å². The van der Waals surface area contributed by atoms with Crippen LogP contribution in [0, 0.1) is 20.8 Å². The van der Waals surface area contributed by atoms with Crippen molar-refractivity contribution in [3.63, 3.8) is 0 Å². The Kier molecular flexibility index (Phi) is 7.03. The smallest absolute Gasteiger partial charge is 0.137 e. The maximum atomic E-state index is 10.0. The van der Waals surface area contributed by atoms with Crippen LogP contribution >= 0.6 is 0 Å². The second kappa shape index (κ2) is 8.28. The van der Waals surface area contributed by atoms with Crippen LogP contribution in [0.5, 0.6) is 5.75 Å². The largest absolute Gasteiger partial charge is 0.490 e. The predicted octanol–water partition coefficient (Wildman–Crippen LogP) is 2.10. The Hall–Kier alpha value is -1.06. The summed E-state index contributed by atoms with van der Waals surface area (Å²) in [6, 6.07) is 4.74. The third kappa shape index (κ3) is 5.14. The number of aliphatic hydroxyl groups is 1. The Morgan fingerprint density at radius 3 is 2.50 bits per heavy atom. The van der Waals surface area contributed by atoms with E-state index >= 15 is 0 Å². The molecule has 0 amide bonds. The minimum atomic E-state index is -0.423. The normalized spacial score (nSPS) is 14.1. The van der Waals surface area contributed by atoms with E-state index in [1.165, 1.54) is 24.0 Å². The van der Waals surface area contributed by atoms with E-state index in [1.807, 2.05) is 6.92 Å².